The Hall–Kier alpha value is -1.46. The van der Waals surface area contributed by atoms with E-state index in [0.29, 0.717) is 5.56 Å². The van der Waals surface area contributed by atoms with Crippen molar-refractivity contribution in [2.45, 2.75) is 19.6 Å². The fraction of sp³-hybridized carbons (Fsp3) is 0.231. The average molecular weight is 270 g/mol. The smallest absolute Gasteiger partial charge is 0.387 e. The monoisotopic (exact) mass is 270 g/mol. The van der Waals surface area contributed by atoms with Gasteiger partial charge in [-0.15, -0.1) is 11.3 Å². The molecule has 0 saturated heterocycles. The first-order valence-corrected chi connectivity index (χ1v) is 6.22. The highest BCUT2D eigenvalue weighted by molar-refractivity contribution is 7.10. The molecule has 0 bridgehead atoms. The van der Waals surface area contributed by atoms with Gasteiger partial charge in [0.25, 0.3) is 0 Å². The summed E-state index contributed by atoms with van der Waals surface area (Å²) in [7, 11) is 0. The minimum Gasteiger partial charge on any atom is -0.435 e. The molecule has 1 N–H and O–H groups in total. The first-order valence-electron chi connectivity index (χ1n) is 5.34. The lowest BCUT2D eigenvalue weighted by Crippen LogP contribution is -2.03. The molecule has 0 aliphatic carbocycles. The number of aryl methyl sites for hydroxylation is 1. The third-order valence-electron chi connectivity index (χ3n) is 2.47. The number of alkyl halides is 2. The first kappa shape index (κ1) is 13.0. The van der Waals surface area contributed by atoms with E-state index in [-0.39, 0.29) is 5.75 Å². The molecule has 2 rings (SSSR count). The zero-order valence-corrected chi connectivity index (χ0v) is 10.5. The van der Waals surface area contributed by atoms with Crippen LogP contribution in [0, 0.1) is 6.92 Å². The number of benzene rings is 1. The number of ether oxygens (including phenoxy) is 1. The van der Waals surface area contributed by atoms with Crippen molar-refractivity contribution in [3.8, 4) is 5.75 Å². The van der Waals surface area contributed by atoms with E-state index in [1.165, 1.54) is 23.5 Å². The van der Waals surface area contributed by atoms with Gasteiger partial charge >= 0.3 is 6.61 Å². The van der Waals surface area contributed by atoms with Crippen LogP contribution in [-0.2, 0) is 0 Å². The molecule has 1 aromatic carbocycles. The van der Waals surface area contributed by atoms with Gasteiger partial charge < -0.3 is 9.84 Å². The Morgan fingerprint density at radius 2 is 2.00 bits per heavy atom. The van der Waals surface area contributed by atoms with Gasteiger partial charge in [0, 0.05) is 4.88 Å². The van der Waals surface area contributed by atoms with Gasteiger partial charge in [0.15, 0.2) is 0 Å². The normalized spacial score (nSPS) is 12.7. The van der Waals surface area contributed by atoms with Crippen LogP contribution < -0.4 is 4.74 Å². The third-order valence-corrected chi connectivity index (χ3v) is 3.35. The molecule has 0 saturated carbocycles. The molecule has 0 radical (unpaired) electrons. The van der Waals surface area contributed by atoms with Gasteiger partial charge in [-0.3, -0.25) is 0 Å². The minimum atomic E-state index is -2.86. The predicted molar refractivity (Wildman–Crippen MR) is 66.2 cm³/mol. The Morgan fingerprint density at radius 3 is 2.61 bits per heavy atom. The number of halogens is 2. The summed E-state index contributed by atoms with van der Waals surface area (Å²) in [4.78, 5) is 1.09. The van der Waals surface area contributed by atoms with E-state index in [9.17, 15) is 13.9 Å². The zero-order valence-electron chi connectivity index (χ0n) is 9.64. The highest BCUT2D eigenvalue weighted by Gasteiger charge is 2.13. The second-order valence-corrected chi connectivity index (χ2v) is 4.96. The lowest BCUT2D eigenvalue weighted by atomic mass is 10.0. The Labute approximate surface area is 107 Å². The van der Waals surface area contributed by atoms with Crippen LogP contribution in [0.1, 0.15) is 22.1 Å². The van der Waals surface area contributed by atoms with Crippen LogP contribution in [0.3, 0.4) is 0 Å². The Morgan fingerprint density at radius 1 is 1.22 bits per heavy atom. The standard InChI is InChI=1S/C13H12F2O2S/c1-8-5-10(7-18-8)12(16)9-3-2-4-11(6-9)17-13(14)15/h2-7,12-13,16H,1H3. The molecule has 18 heavy (non-hydrogen) atoms. The fourth-order valence-electron chi connectivity index (χ4n) is 1.66. The fourth-order valence-corrected chi connectivity index (χ4v) is 2.38. The summed E-state index contributed by atoms with van der Waals surface area (Å²) >= 11 is 1.53. The Balaban J connectivity index is 2.22. The zero-order chi connectivity index (χ0) is 13.1. The van der Waals surface area contributed by atoms with Crippen molar-refractivity contribution in [2.75, 3.05) is 0 Å². The summed E-state index contributed by atoms with van der Waals surface area (Å²) < 4.78 is 28.5. The topological polar surface area (TPSA) is 29.5 Å². The van der Waals surface area contributed by atoms with Crippen LogP contribution >= 0.6 is 11.3 Å². The third kappa shape index (κ3) is 3.05. The van der Waals surface area contributed by atoms with E-state index in [4.69, 9.17) is 0 Å². The van der Waals surface area contributed by atoms with Crippen molar-refractivity contribution in [3.63, 3.8) is 0 Å². The van der Waals surface area contributed by atoms with Crippen molar-refractivity contribution in [1.29, 1.82) is 0 Å². The quantitative estimate of drug-likeness (QED) is 0.917. The molecule has 1 unspecified atom stereocenters. The first-order chi connectivity index (χ1) is 8.56. The van der Waals surface area contributed by atoms with Crippen molar-refractivity contribution in [3.05, 3.63) is 51.7 Å². The lowest BCUT2D eigenvalue weighted by molar-refractivity contribution is -0.0499. The van der Waals surface area contributed by atoms with Crippen molar-refractivity contribution in [1.82, 2.24) is 0 Å². The van der Waals surface area contributed by atoms with E-state index in [1.54, 1.807) is 12.1 Å². The Kier molecular flexibility index (Phi) is 3.93. The van der Waals surface area contributed by atoms with Crippen LogP contribution in [0.2, 0.25) is 0 Å². The van der Waals surface area contributed by atoms with Gasteiger partial charge in [0.05, 0.1) is 0 Å². The Bertz CT molecular complexity index is 525. The van der Waals surface area contributed by atoms with Gasteiger partial charge in [0.1, 0.15) is 11.9 Å². The number of rotatable bonds is 4. The van der Waals surface area contributed by atoms with Gasteiger partial charge in [-0.05, 0) is 41.6 Å². The number of thiophene rings is 1. The molecule has 0 aliphatic rings. The maximum absolute atomic E-state index is 12.1. The number of hydrogen-bond acceptors (Lipinski definition) is 3. The molecule has 5 heteroatoms. The number of aliphatic hydroxyl groups is 1. The second kappa shape index (κ2) is 5.46. The summed E-state index contributed by atoms with van der Waals surface area (Å²) in [5.41, 5.74) is 1.29. The highest BCUT2D eigenvalue weighted by atomic mass is 32.1. The highest BCUT2D eigenvalue weighted by Crippen LogP contribution is 2.28. The molecule has 0 spiro atoms. The maximum atomic E-state index is 12.1. The van der Waals surface area contributed by atoms with Gasteiger partial charge in [-0.1, -0.05) is 12.1 Å². The van der Waals surface area contributed by atoms with E-state index in [2.05, 4.69) is 4.74 Å². The van der Waals surface area contributed by atoms with Crippen molar-refractivity contribution in [2.24, 2.45) is 0 Å². The SMILES string of the molecule is Cc1cc(C(O)c2cccc(OC(F)F)c2)cs1. The number of hydrogen-bond donors (Lipinski definition) is 1. The molecular formula is C13H12F2O2S. The molecule has 1 aromatic heterocycles. The molecule has 1 atom stereocenters. The largest absolute Gasteiger partial charge is 0.435 e. The van der Waals surface area contributed by atoms with Crippen LogP contribution in [0.15, 0.2) is 35.7 Å². The molecule has 1 heterocycles. The second-order valence-electron chi connectivity index (χ2n) is 3.84. The molecule has 2 nitrogen and oxygen atoms in total. The lowest BCUT2D eigenvalue weighted by Gasteiger charge is -2.11. The summed E-state index contributed by atoms with van der Waals surface area (Å²) in [6.45, 7) is -0.919. The summed E-state index contributed by atoms with van der Waals surface area (Å²) in [6.07, 6.45) is -0.823. The van der Waals surface area contributed by atoms with Crippen LogP contribution in [-0.4, -0.2) is 11.7 Å². The average Bonchev–Trinajstić information content (AvgIpc) is 2.74. The molecule has 96 valence electrons. The molecule has 2 aromatic rings. The van der Waals surface area contributed by atoms with E-state index in [1.807, 2.05) is 18.4 Å². The molecule has 0 aliphatic heterocycles. The summed E-state index contributed by atoms with van der Waals surface area (Å²) in [5, 5.41) is 12.0. The van der Waals surface area contributed by atoms with Crippen LogP contribution in [0.4, 0.5) is 8.78 Å². The van der Waals surface area contributed by atoms with Gasteiger partial charge in [-0.2, -0.15) is 8.78 Å². The van der Waals surface area contributed by atoms with E-state index in [0.717, 1.165) is 10.4 Å². The van der Waals surface area contributed by atoms with E-state index < -0.39 is 12.7 Å². The summed E-state index contributed by atoms with van der Waals surface area (Å²) in [6, 6.07) is 7.98. The van der Waals surface area contributed by atoms with Gasteiger partial charge in [-0.25, -0.2) is 0 Å². The maximum Gasteiger partial charge on any atom is 0.387 e. The summed E-state index contributed by atoms with van der Waals surface area (Å²) in [5.74, 6) is 0.0495. The van der Waals surface area contributed by atoms with E-state index >= 15 is 0 Å². The van der Waals surface area contributed by atoms with Crippen LogP contribution in [0.5, 0.6) is 5.75 Å². The molecular weight excluding hydrogens is 258 g/mol. The molecule has 0 fully saturated rings. The van der Waals surface area contributed by atoms with Crippen molar-refractivity contribution >= 4 is 11.3 Å². The molecule has 0 amide bonds. The minimum absolute atomic E-state index is 0.0495. The van der Waals surface area contributed by atoms with Crippen molar-refractivity contribution < 1.29 is 18.6 Å². The number of aliphatic hydroxyl groups excluding tert-OH is 1. The van der Waals surface area contributed by atoms with Crippen LogP contribution in [0.25, 0.3) is 0 Å². The van der Waals surface area contributed by atoms with Gasteiger partial charge in [0.2, 0.25) is 0 Å². The predicted octanol–water partition coefficient (Wildman–Crippen LogP) is 3.74.